The second kappa shape index (κ2) is 20.2. The van der Waals surface area contributed by atoms with Gasteiger partial charge < -0.3 is 31.0 Å². The van der Waals surface area contributed by atoms with Gasteiger partial charge in [-0.2, -0.15) is 10.1 Å². The Morgan fingerprint density at radius 1 is 1.03 bits per heavy atom. The average molecular weight is 899 g/mol. The number of aromatic nitrogens is 4. The molecule has 0 aliphatic carbocycles. The van der Waals surface area contributed by atoms with Gasteiger partial charge in [-0.15, -0.1) is 4.31 Å². The first-order valence-electron chi connectivity index (χ1n) is 19.7. The number of nitrogens with one attached hydrogen (secondary N) is 4. The van der Waals surface area contributed by atoms with Crippen LogP contribution in [0.2, 0.25) is 0 Å². The smallest absolute Gasteiger partial charge is 0.269 e. The van der Waals surface area contributed by atoms with Crippen molar-refractivity contribution >= 4 is 80.2 Å². The Hall–Kier alpha value is -5.12. The molecule has 59 heavy (non-hydrogen) atoms. The zero-order chi connectivity index (χ0) is 42.1. The number of nitrogens with zero attached hydrogens (tertiary/aromatic N) is 6. The van der Waals surface area contributed by atoms with Crippen molar-refractivity contribution in [3.63, 3.8) is 0 Å². The molecule has 2 aromatic heterocycles. The number of anilines is 3. The number of halogens is 1. The molecule has 0 bridgehead atoms. The molecule has 6 N–H and O–H groups in total. The van der Waals surface area contributed by atoms with E-state index in [4.69, 9.17) is 10.5 Å². The summed E-state index contributed by atoms with van der Waals surface area (Å²) in [4.78, 5) is 84.2. The molecule has 3 aliphatic rings. The lowest BCUT2D eigenvalue weighted by molar-refractivity contribution is -0.136. The monoisotopic (exact) mass is 897 g/mol. The van der Waals surface area contributed by atoms with Crippen molar-refractivity contribution in [2.45, 2.75) is 82.7 Å². The van der Waals surface area contributed by atoms with Crippen LogP contribution in [0.25, 0.3) is 0 Å². The Bertz CT molecular complexity index is 2060. The number of aryl methyl sites for hydroxylation is 1. The van der Waals surface area contributed by atoms with E-state index >= 15 is 0 Å². The highest BCUT2D eigenvalue weighted by molar-refractivity contribution is 9.10. The number of ether oxygens (including phenoxy) is 1. The summed E-state index contributed by atoms with van der Waals surface area (Å²) in [6.45, 7) is 1.92. The van der Waals surface area contributed by atoms with Crippen LogP contribution >= 0.6 is 15.9 Å². The van der Waals surface area contributed by atoms with Crippen LogP contribution in [0.4, 0.5) is 17.5 Å². The van der Waals surface area contributed by atoms with E-state index < -0.39 is 46.9 Å². The van der Waals surface area contributed by atoms with Gasteiger partial charge in [-0.05, 0) is 60.2 Å². The minimum Gasteiger partial charge on any atom is -0.598 e. The van der Waals surface area contributed by atoms with Crippen molar-refractivity contribution < 1.29 is 38.1 Å². The van der Waals surface area contributed by atoms with Gasteiger partial charge in [-0.3, -0.25) is 43.7 Å². The third-order valence-corrected chi connectivity index (χ3v) is 12.4. The molecule has 3 aliphatic heterocycles. The van der Waals surface area contributed by atoms with Crippen LogP contribution in [0.5, 0.6) is 5.75 Å². The summed E-state index contributed by atoms with van der Waals surface area (Å²) < 4.78 is 22.8. The van der Waals surface area contributed by atoms with Crippen molar-refractivity contribution in [1.29, 1.82) is 0 Å². The van der Waals surface area contributed by atoms with E-state index in [-0.39, 0.29) is 41.6 Å². The number of benzene rings is 1. The van der Waals surface area contributed by atoms with Crippen LogP contribution in [-0.2, 0) is 32.8 Å². The summed E-state index contributed by atoms with van der Waals surface area (Å²) in [5.74, 6) is -1.44. The Morgan fingerprint density at radius 3 is 2.53 bits per heavy atom. The van der Waals surface area contributed by atoms with E-state index in [0.717, 1.165) is 56.3 Å². The highest BCUT2D eigenvalue weighted by Gasteiger charge is 2.46. The lowest BCUT2D eigenvalue weighted by atomic mass is 10.0. The molecule has 316 valence electrons. The van der Waals surface area contributed by atoms with Gasteiger partial charge in [-0.25, -0.2) is 4.98 Å². The summed E-state index contributed by atoms with van der Waals surface area (Å²) in [7, 11) is 1.62. The fourth-order valence-electron chi connectivity index (χ4n) is 7.24. The minimum atomic E-state index is -1.22. The van der Waals surface area contributed by atoms with E-state index in [9.17, 15) is 33.3 Å². The summed E-state index contributed by atoms with van der Waals surface area (Å²) >= 11 is 2.21. The number of hydrogen-bond acceptors (Lipinski definition) is 14. The molecule has 19 nitrogen and oxygen atoms in total. The van der Waals surface area contributed by atoms with Gasteiger partial charge in [0.2, 0.25) is 23.7 Å². The molecule has 2 atom stereocenters. The molecule has 6 rings (SSSR count). The zero-order valence-corrected chi connectivity index (χ0v) is 35.1. The average Bonchev–Trinajstić information content (AvgIpc) is 3.70. The Morgan fingerprint density at radius 2 is 1.78 bits per heavy atom. The van der Waals surface area contributed by atoms with Gasteiger partial charge in [0.15, 0.2) is 0 Å². The van der Waals surface area contributed by atoms with Crippen molar-refractivity contribution in [2.24, 2.45) is 12.8 Å². The lowest BCUT2D eigenvalue weighted by Gasteiger charge is -2.32. The van der Waals surface area contributed by atoms with Gasteiger partial charge in [0.25, 0.3) is 17.7 Å². The first-order valence-corrected chi connectivity index (χ1v) is 21.7. The molecule has 0 radical (unpaired) electrons. The van der Waals surface area contributed by atoms with Crippen molar-refractivity contribution in [1.82, 2.24) is 39.6 Å². The number of rotatable bonds is 20. The van der Waals surface area contributed by atoms with Crippen LogP contribution in [0.15, 0.2) is 35.1 Å². The lowest BCUT2D eigenvalue weighted by Crippen LogP contribution is -2.54. The molecule has 2 unspecified atom stereocenters. The SMILES string of the molecule is Cn1ncc(Nc2nc(NC3CCN([S+]([O-])CCNC(=O)CCCCCCCCOc4cccc5c4C(=O)N(C4CCC(=O)NC4=O)C5=O)CC3)ncc2Br)c1C(N)=O. The molecule has 2 fully saturated rings. The maximum absolute atomic E-state index is 13.2. The number of nitrogens with two attached hydrogens (primary N) is 1. The highest BCUT2D eigenvalue weighted by atomic mass is 79.9. The zero-order valence-electron chi connectivity index (χ0n) is 32.7. The Labute approximate surface area is 352 Å². The number of unbranched alkanes of at least 4 members (excludes halogenated alkanes) is 5. The van der Waals surface area contributed by atoms with Crippen LogP contribution in [0.1, 0.15) is 102 Å². The standard InChI is InChI=1S/C38H48BrN11O8S/c1-48-32(33(40)53)26(22-43-48)45-34-25(39)21-42-38(47-34)44-23-14-17-49(18-15-23)59(57)20-16-41-29(51)11-6-4-2-3-5-7-19-58-28-10-8-9-24-31(28)37(56)50(36(24)55)27-12-13-30(52)46-35(27)54/h8-10,21-23,27H,2-7,11-20H2,1H3,(H2,40,53)(H,41,51)(H,46,52,54)(H2,42,44,45,47). The first-order chi connectivity index (χ1) is 28.4. The number of imide groups is 2. The molecule has 0 saturated carbocycles. The van der Waals surface area contributed by atoms with Gasteiger partial charge >= 0.3 is 0 Å². The largest absolute Gasteiger partial charge is 0.598 e. The predicted molar refractivity (Wildman–Crippen MR) is 220 cm³/mol. The fraction of sp³-hybridized carbons (Fsp3) is 0.500. The molecule has 0 spiro atoms. The van der Waals surface area contributed by atoms with Gasteiger partial charge in [-0.1, -0.05) is 31.7 Å². The Kier molecular flexibility index (Phi) is 14.9. The highest BCUT2D eigenvalue weighted by Crippen LogP contribution is 2.34. The van der Waals surface area contributed by atoms with Crippen LogP contribution in [0.3, 0.4) is 0 Å². The topological polar surface area (TPSA) is 259 Å². The van der Waals surface area contributed by atoms with E-state index in [2.05, 4.69) is 52.3 Å². The number of carbonyl (C=O) groups excluding carboxylic acids is 6. The maximum atomic E-state index is 13.2. The van der Waals surface area contributed by atoms with Gasteiger partial charge in [0, 0.05) is 56.6 Å². The summed E-state index contributed by atoms with van der Waals surface area (Å²) in [5, 5.41) is 15.6. The molecule has 21 heteroatoms. The van der Waals surface area contributed by atoms with Crippen molar-refractivity contribution in [3.05, 3.63) is 51.9 Å². The third kappa shape index (κ3) is 10.9. The van der Waals surface area contributed by atoms with Crippen LogP contribution < -0.4 is 31.7 Å². The predicted octanol–water partition coefficient (Wildman–Crippen LogP) is 2.68. The van der Waals surface area contributed by atoms with E-state index in [0.29, 0.717) is 66.1 Å². The molecule has 5 heterocycles. The summed E-state index contributed by atoms with van der Waals surface area (Å²) in [6.07, 6.45) is 10.3. The first kappa shape index (κ1) is 43.5. The third-order valence-electron chi connectivity index (χ3n) is 10.3. The Balaban J connectivity index is 0.802. The molecule has 3 aromatic rings. The summed E-state index contributed by atoms with van der Waals surface area (Å²) in [6, 6.07) is 3.85. The summed E-state index contributed by atoms with van der Waals surface area (Å²) in [5.41, 5.74) is 6.46. The quantitative estimate of drug-likeness (QED) is 0.0621. The van der Waals surface area contributed by atoms with Crippen molar-refractivity contribution in [3.8, 4) is 5.75 Å². The van der Waals surface area contributed by atoms with E-state index in [1.807, 2.05) is 4.31 Å². The normalized spacial score (nSPS) is 17.7. The van der Waals surface area contributed by atoms with Gasteiger partial charge in [0.1, 0.15) is 29.1 Å². The number of primary amides is 1. The molecule has 2 saturated heterocycles. The molecule has 1 aromatic carbocycles. The van der Waals surface area contributed by atoms with Crippen LogP contribution in [0, 0.1) is 0 Å². The number of fused-ring (bicyclic) bond motifs is 1. The van der Waals surface area contributed by atoms with E-state index in [1.165, 1.54) is 16.9 Å². The van der Waals surface area contributed by atoms with Crippen molar-refractivity contribution in [2.75, 3.05) is 42.6 Å². The molecule has 6 amide bonds. The number of amides is 6. The van der Waals surface area contributed by atoms with E-state index in [1.54, 1.807) is 25.4 Å². The number of piperidine rings is 2. The minimum absolute atomic E-state index is 0.0531. The molecular formula is C38H48BrN11O8S. The second-order valence-electron chi connectivity index (χ2n) is 14.5. The van der Waals surface area contributed by atoms with Gasteiger partial charge in [0.05, 0.1) is 40.6 Å². The maximum Gasteiger partial charge on any atom is 0.269 e. The van der Waals surface area contributed by atoms with Crippen LogP contribution in [-0.4, -0.2) is 113 Å². The second-order valence-corrected chi connectivity index (χ2v) is 16.9. The number of carbonyl (C=O) groups is 6. The fourth-order valence-corrected chi connectivity index (χ4v) is 8.68. The molecular weight excluding hydrogens is 850 g/mol. The number of hydrogen-bond donors (Lipinski definition) is 5.